The second-order valence-corrected chi connectivity index (χ2v) is 5.53. The van der Waals surface area contributed by atoms with Gasteiger partial charge in [-0.15, -0.1) is 0 Å². The topological polar surface area (TPSA) is 29.5 Å². The van der Waals surface area contributed by atoms with E-state index in [0.29, 0.717) is 5.02 Å². The molecule has 0 heterocycles. The standard InChI is InChI=1S/C15H21ClO2/c1-2-11-4-3-5-14(8-11)18-15-7-6-13(16)9-12(15)10-17/h6-7,9,11,14,17H,2-5,8,10H2,1H3. The first-order valence-corrected chi connectivity index (χ1v) is 7.16. The van der Waals surface area contributed by atoms with E-state index in [1.54, 1.807) is 6.07 Å². The fraction of sp³-hybridized carbons (Fsp3) is 0.600. The molecule has 0 aliphatic heterocycles. The lowest BCUT2D eigenvalue weighted by Crippen LogP contribution is -2.25. The second-order valence-electron chi connectivity index (χ2n) is 5.09. The molecule has 0 saturated heterocycles. The Hall–Kier alpha value is -0.730. The van der Waals surface area contributed by atoms with E-state index in [-0.39, 0.29) is 12.7 Å². The molecule has 2 nitrogen and oxygen atoms in total. The maximum absolute atomic E-state index is 9.33. The quantitative estimate of drug-likeness (QED) is 0.888. The fourth-order valence-corrected chi connectivity index (χ4v) is 2.88. The van der Waals surface area contributed by atoms with Gasteiger partial charge in [-0.2, -0.15) is 0 Å². The highest BCUT2D eigenvalue weighted by atomic mass is 35.5. The van der Waals surface area contributed by atoms with Gasteiger partial charge in [0.2, 0.25) is 0 Å². The van der Waals surface area contributed by atoms with Crippen molar-refractivity contribution in [3.8, 4) is 5.75 Å². The molecule has 1 fully saturated rings. The molecule has 1 N–H and O–H groups in total. The fourth-order valence-electron chi connectivity index (χ4n) is 2.69. The number of hydrogen-bond acceptors (Lipinski definition) is 2. The van der Waals surface area contributed by atoms with Crippen molar-refractivity contribution in [1.82, 2.24) is 0 Å². The van der Waals surface area contributed by atoms with E-state index in [2.05, 4.69) is 6.92 Å². The predicted octanol–water partition coefficient (Wildman–Crippen LogP) is 4.18. The largest absolute Gasteiger partial charge is 0.490 e. The first-order chi connectivity index (χ1) is 8.72. The van der Waals surface area contributed by atoms with Crippen LogP contribution in [-0.4, -0.2) is 11.2 Å². The van der Waals surface area contributed by atoms with Crippen LogP contribution < -0.4 is 4.74 Å². The van der Waals surface area contributed by atoms with Gasteiger partial charge in [0.1, 0.15) is 5.75 Å². The molecule has 1 saturated carbocycles. The summed E-state index contributed by atoms with van der Waals surface area (Å²) in [6, 6.07) is 5.46. The number of rotatable bonds is 4. The van der Waals surface area contributed by atoms with Crippen molar-refractivity contribution in [2.45, 2.75) is 51.7 Å². The van der Waals surface area contributed by atoms with E-state index in [0.717, 1.165) is 30.1 Å². The van der Waals surface area contributed by atoms with Gasteiger partial charge in [0.05, 0.1) is 12.7 Å². The van der Waals surface area contributed by atoms with Gasteiger partial charge >= 0.3 is 0 Å². The minimum Gasteiger partial charge on any atom is -0.490 e. The molecule has 1 aromatic rings. The minimum absolute atomic E-state index is 0.0280. The van der Waals surface area contributed by atoms with Crippen LogP contribution in [0.4, 0.5) is 0 Å². The molecule has 2 atom stereocenters. The molecule has 2 rings (SSSR count). The Labute approximate surface area is 114 Å². The van der Waals surface area contributed by atoms with Gasteiger partial charge in [-0.3, -0.25) is 0 Å². The smallest absolute Gasteiger partial charge is 0.125 e. The minimum atomic E-state index is -0.0280. The summed E-state index contributed by atoms with van der Waals surface area (Å²) in [6.07, 6.45) is 6.33. The first kappa shape index (κ1) is 13.7. The van der Waals surface area contributed by atoms with Gasteiger partial charge in [0.25, 0.3) is 0 Å². The molecule has 100 valence electrons. The number of halogens is 1. The van der Waals surface area contributed by atoms with Crippen LogP contribution in [0.5, 0.6) is 5.75 Å². The first-order valence-electron chi connectivity index (χ1n) is 6.78. The summed E-state index contributed by atoms with van der Waals surface area (Å²) in [7, 11) is 0. The van der Waals surface area contributed by atoms with Crippen molar-refractivity contribution in [1.29, 1.82) is 0 Å². The Kier molecular flexibility index (Phi) is 4.90. The summed E-state index contributed by atoms with van der Waals surface area (Å²) >= 11 is 5.92. The third kappa shape index (κ3) is 3.39. The lowest BCUT2D eigenvalue weighted by Gasteiger charge is -2.29. The summed E-state index contributed by atoms with van der Waals surface area (Å²) < 4.78 is 6.05. The van der Waals surface area contributed by atoms with Gasteiger partial charge < -0.3 is 9.84 Å². The lowest BCUT2D eigenvalue weighted by molar-refractivity contribution is 0.119. The summed E-state index contributed by atoms with van der Waals surface area (Å²) in [5.74, 6) is 1.57. The lowest BCUT2D eigenvalue weighted by atomic mass is 9.85. The summed E-state index contributed by atoms with van der Waals surface area (Å²) in [5.41, 5.74) is 0.779. The molecule has 1 aliphatic carbocycles. The number of ether oxygens (including phenoxy) is 1. The monoisotopic (exact) mass is 268 g/mol. The molecule has 2 unspecified atom stereocenters. The molecule has 1 aliphatic rings. The Morgan fingerprint density at radius 2 is 2.22 bits per heavy atom. The zero-order valence-electron chi connectivity index (χ0n) is 10.9. The van der Waals surface area contributed by atoms with Gasteiger partial charge in [-0.25, -0.2) is 0 Å². The third-order valence-corrected chi connectivity index (χ3v) is 4.03. The van der Waals surface area contributed by atoms with Crippen molar-refractivity contribution in [2.24, 2.45) is 5.92 Å². The Bertz CT molecular complexity index is 392. The average molecular weight is 269 g/mol. The molecule has 0 radical (unpaired) electrons. The Morgan fingerprint density at radius 1 is 1.39 bits per heavy atom. The maximum Gasteiger partial charge on any atom is 0.125 e. The van der Waals surface area contributed by atoms with Crippen LogP contribution in [-0.2, 0) is 6.61 Å². The molecule has 0 amide bonds. The van der Waals surface area contributed by atoms with Crippen molar-refractivity contribution in [3.63, 3.8) is 0 Å². The van der Waals surface area contributed by atoms with E-state index in [4.69, 9.17) is 16.3 Å². The average Bonchev–Trinajstić information content (AvgIpc) is 2.41. The number of benzene rings is 1. The van der Waals surface area contributed by atoms with Gasteiger partial charge in [-0.05, 0) is 43.4 Å². The zero-order chi connectivity index (χ0) is 13.0. The van der Waals surface area contributed by atoms with Gasteiger partial charge in [-0.1, -0.05) is 31.4 Å². The van der Waals surface area contributed by atoms with E-state index >= 15 is 0 Å². The second kappa shape index (κ2) is 6.44. The van der Waals surface area contributed by atoms with E-state index in [9.17, 15) is 5.11 Å². The third-order valence-electron chi connectivity index (χ3n) is 3.80. The highest BCUT2D eigenvalue weighted by Gasteiger charge is 2.22. The highest BCUT2D eigenvalue weighted by Crippen LogP contribution is 2.31. The van der Waals surface area contributed by atoms with Crippen LogP contribution in [0.1, 0.15) is 44.6 Å². The molecule has 0 aromatic heterocycles. The van der Waals surface area contributed by atoms with Crippen molar-refractivity contribution < 1.29 is 9.84 Å². The summed E-state index contributed by atoms with van der Waals surface area (Å²) in [6.45, 7) is 2.22. The van der Waals surface area contributed by atoms with E-state index in [1.165, 1.54) is 19.3 Å². The Balaban J connectivity index is 2.04. The molecule has 0 bridgehead atoms. The number of aliphatic hydroxyl groups excluding tert-OH is 1. The molecule has 0 spiro atoms. The normalized spacial score (nSPS) is 23.9. The summed E-state index contributed by atoms with van der Waals surface area (Å²) in [5, 5.41) is 9.97. The van der Waals surface area contributed by atoms with Crippen LogP contribution >= 0.6 is 11.6 Å². The highest BCUT2D eigenvalue weighted by molar-refractivity contribution is 6.30. The molecule has 1 aromatic carbocycles. The van der Waals surface area contributed by atoms with Crippen LogP contribution in [0.15, 0.2) is 18.2 Å². The molecule has 18 heavy (non-hydrogen) atoms. The number of aliphatic hydroxyl groups is 1. The SMILES string of the molecule is CCC1CCCC(Oc2ccc(Cl)cc2CO)C1. The van der Waals surface area contributed by atoms with Gasteiger partial charge in [0, 0.05) is 10.6 Å². The van der Waals surface area contributed by atoms with E-state index in [1.807, 2.05) is 12.1 Å². The maximum atomic E-state index is 9.33. The van der Waals surface area contributed by atoms with Crippen LogP contribution in [0.2, 0.25) is 5.02 Å². The van der Waals surface area contributed by atoms with E-state index < -0.39 is 0 Å². The Morgan fingerprint density at radius 3 is 2.94 bits per heavy atom. The van der Waals surface area contributed by atoms with Crippen LogP contribution in [0.25, 0.3) is 0 Å². The summed E-state index contributed by atoms with van der Waals surface area (Å²) in [4.78, 5) is 0. The van der Waals surface area contributed by atoms with Crippen molar-refractivity contribution in [2.75, 3.05) is 0 Å². The van der Waals surface area contributed by atoms with Crippen molar-refractivity contribution >= 4 is 11.6 Å². The molecular formula is C15H21ClO2. The zero-order valence-corrected chi connectivity index (χ0v) is 11.6. The van der Waals surface area contributed by atoms with Crippen LogP contribution in [0, 0.1) is 5.92 Å². The predicted molar refractivity (Wildman–Crippen MR) is 74.0 cm³/mol. The molecular weight excluding hydrogens is 248 g/mol. The van der Waals surface area contributed by atoms with Crippen molar-refractivity contribution in [3.05, 3.63) is 28.8 Å². The van der Waals surface area contributed by atoms with Gasteiger partial charge in [0.15, 0.2) is 0 Å². The molecule has 3 heteroatoms. The number of hydrogen-bond donors (Lipinski definition) is 1. The van der Waals surface area contributed by atoms with Crippen LogP contribution in [0.3, 0.4) is 0 Å².